The van der Waals surface area contributed by atoms with Crippen molar-refractivity contribution >= 4 is 5.71 Å². The van der Waals surface area contributed by atoms with Crippen LogP contribution in [0, 0.1) is 11.3 Å². The average Bonchev–Trinajstić information content (AvgIpc) is 2.55. The molecule has 2 aromatic carbocycles. The van der Waals surface area contributed by atoms with Crippen molar-refractivity contribution in [1.29, 1.82) is 5.26 Å². The third-order valence-electron chi connectivity index (χ3n) is 3.18. The van der Waals surface area contributed by atoms with Crippen molar-refractivity contribution in [2.45, 2.75) is 20.0 Å². The first-order chi connectivity index (χ1) is 10.3. The number of rotatable bonds is 5. The number of ether oxygens (including phenoxy) is 1. The van der Waals surface area contributed by atoms with Crippen LogP contribution in [0.1, 0.15) is 30.0 Å². The molecular weight excluding hydrogens is 264 g/mol. The Morgan fingerprint density at radius 3 is 2.52 bits per heavy atom. The lowest BCUT2D eigenvalue weighted by atomic mass is 10.1. The van der Waals surface area contributed by atoms with Crippen LogP contribution in [-0.4, -0.2) is 10.9 Å². The fraction of sp³-hybridized carbons (Fsp3) is 0.176. The fourth-order valence-corrected chi connectivity index (χ4v) is 1.99. The monoisotopic (exact) mass is 280 g/mol. The van der Waals surface area contributed by atoms with Crippen LogP contribution in [0.2, 0.25) is 0 Å². The van der Waals surface area contributed by atoms with Crippen molar-refractivity contribution < 1.29 is 9.94 Å². The smallest absolute Gasteiger partial charge is 0.119 e. The molecule has 0 radical (unpaired) electrons. The molecule has 0 spiro atoms. The minimum absolute atomic E-state index is 0.345. The Morgan fingerprint density at radius 2 is 1.90 bits per heavy atom. The molecule has 0 bridgehead atoms. The maximum Gasteiger partial charge on any atom is 0.119 e. The third kappa shape index (κ3) is 3.61. The molecule has 0 aliphatic carbocycles. The van der Waals surface area contributed by atoms with E-state index in [9.17, 15) is 0 Å². The van der Waals surface area contributed by atoms with Gasteiger partial charge in [-0.25, -0.2) is 0 Å². The summed E-state index contributed by atoms with van der Waals surface area (Å²) in [6, 6.07) is 16.9. The first-order valence-corrected chi connectivity index (χ1v) is 6.70. The molecule has 106 valence electrons. The molecular formula is C17H16N2O2. The van der Waals surface area contributed by atoms with E-state index in [1.54, 1.807) is 6.07 Å². The van der Waals surface area contributed by atoms with Crippen LogP contribution in [0.5, 0.6) is 5.75 Å². The van der Waals surface area contributed by atoms with Crippen molar-refractivity contribution in [1.82, 2.24) is 0 Å². The van der Waals surface area contributed by atoms with Crippen molar-refractivity contribution in [2.24, 2.45) is 5.16 Å². The van der Waals surface area contributed by atoms with Gasteiger partial charge >= 0.3 is 0 Å². The second kappa shape index (κ2) is 7.11. The molecule has 0 atom stereocenters. The zero-order valence-corrected chi connectivity index (χ0v) is 11.8. The first-order valence-electron chi connectivity index (χ1n) is 6.70. The first kappa shape index (κ1) is 14.6. The highest BCUT2D eigenvalue weighted by Gasteiger charge is 2.04. The SMILES string of the molecule is CC/C(=N\O)c1ccc(OCc2ccccc2C#N)cc1. The van der Waals surface area contributed by atoms with Gasteiger partial charge in [0.2, 0.25) is 0 Å². The lowest BCUT2D eigenvalue weighted by Crippen LogP contribution is -2.00. The summed E-state index contributed by atoms with van der Waals surface area (Å²) >= 11 is 0. The Balaban J connectivity index is 2.06. The normalized spacial score (nSPS) is 11.0. The van der Waals surface area contributed by atoms with Crippen molar-refractivity contribution in [3.8, 4) is 11.8 Å². The molecule has 0 amide bonds. The van der Waals surface area contributed by atoms with Crippen LogP contribution in [0.25, 0.3) is 0 Å². The van der Waals surface area contributed by atoms with E-state index in [0.29, 0.717) is 30.1 Å². The van der Waals surface area contributed by atoms with Gasteiger partial charge in [0.25, 0.3) is 0 Å². The Hall–Kier alpha value is -2.80. The number of hydrogen-bond acceptors (Lipinski definition) is 4. The van der Waals surface area contributed by atoms with Gasteiger partial charge in [0.1, 0.15) is 12.4 Å². The summed E-state index contributed by atoms with van der Waals surface area (Å²) in [5, 5.41) is 21.2. The summed E-state index contributed by atoms with van der Waals surface area (Å²) in [4.78, 5) is 0. The number of nitriles is 1. The fourth-order valence-electron chi connectivity index (χ4n) is 1.99. The van der Waals surface area contributed by atoms with Crippen LogP contribution >= 0.6 is 0 Å². The van der Waals surface area contributed by atoms with Gasteiger partial charge in [0, 0.05) is 5.56 Å². The van der Waals surface area contributed by atoms with Crippen LogP contribution in [0.15, 0.2) is 53.7 Å². The Kier molecular flexibility index (Phi) is 4.94. The molecule has 1 N–H and O–H groups in total. The van der Waals surface area contributed by atoms with Crippen LogP contribution < -0.4 is 4.74 Å². The maximum atomic E-state index is 9.02. The second-order valence-corrected chi connectivity index (χ2v) is 4.48. The van der Waals surface area contributed by atoms with E-state index in [0.717, 1.165) is 11.1 Å². The molecule has 2 rings (SSSR count). The van der Waals surface area contributed by atoms with Gasteiger partial charge in [-0.05, 0) is 42.3 Å². The van der Waals surface area contributed by atoms with Crippen molar-refractivity contribution in [3.05, 3.63) is 65.2 Å². The molecule has 0 aromatic heterocycles. The number of nitrogens with zero attached hydrogens (tertiary/aromatic N) is 2. The molecule has 0 unspecified atom stereocenters. The van der Waals surface area contributed by atoms with Crippen molar-refractivity contribution in [2.75, 3.05) is 0 Å². The highest BCUT2D eigenvalue weighted by molar-refractivity contribution is 6.00. The molecule has 0 saturated heterocycles. The van der Waals surface area contributed by atoms with E-state index < -0.39 is 0 Å². The predicted molar refractivity (Wildman–Crippen MR) is 80.5 cm³/mol. The summed E-state index contributed by atoms with van der Waals surface area (Å²) in [6.07, 6.45) is 0.659. The third-order valence-corrected chi connectivity index (χ3v) is 3.18. The summed E-state index contributed by atoms with van der Waals surface area (Å²) in [5.74, 6) is 0.708. The summed E-state index contributed by atoms with van der Waals surface area (Å²) < 4.78 is 5.68. The van der Waals surface area contributed by atoms with E-state index in [2.05, 4.69) is 11.2 Å². The Morgan fingerprint density at radius 1 is 1.19 bits per heavy atom. The van der Waals surface area contributed by atoms with Gasteiger partial charge in [-0.15, -0.1) is 0 Å². The summed E-state index contributed by atoms with van der Waals surface area (Å²) in [6.45, 7) is 2.27. The number of hydrogen-bond donors (Lipinski definition) is 1. The second-order valence-electron chi connectivity index (χ2n) is 4.48. The minimum atomic E-state index is 0.345. The van der Waals surface area contributed by atoms with Gasteiger partial charge in [0.05, 0.1) is 17.3 Å². The lowest BCUT2D eigenvalue weighted by molar-refractivity contribution is 0.306. The maximum absolute atomic E-state index is 9.02. The van der Waals surface area contributed by atoms with Gasteiger partial charge in [0.15, 0.2) is 0 Å². The van der Waals surface area contributed by atoms with E-state index in [-0.39, 0.29) is 0 Å². The number of oxime groups is 1. The van der Waals surface area contributed by atoms with E-state index >= 15 is 0 Å². The van der Waals surface area contributed by atoms with Crippen molar-refractivity contribution in [3.63, 3.8) is 0 Å². The molecule has 2 aromatic rings. The quantitative estimate of drug-likeness (QED) is 0.515. The molecule has 0 saturated carbocycles. The van der Waals surface area contributed by atoms with Crippen LogP contribution in [-0.2, 0) is 6.61 Å². The molecule has 0 fully saturated rings. The molecule has 21 heavy (non-hydrogen) atoms. The standard InChI is InChI=1S/C17H16N2O2/c1-2-17(19-20)13-7-9-16(10-8-13)21-12-15-6-4-3-5-14(15)11-18/h3-10,20H,2,12H2,1H3/b19-17+. The van der Waals surface area contributed by atoms with Gasteiger partial charge < -0.3 is 9.94 Å². The Bertz CT molecular complexity index is 670. The largest absolute Gasteiger partial charge is 0.489 e. The predicted octanol–water partition coefficient (Wildman–Crippen LogP) is 3.73. The van der Waals surface area contributed by atoms with E-state index in [4.69, 9.17) is 15.2 Å². The average molecular weight is 280 g/mol. The van der Waals surface area contributed by atoms with Crippen LogP contribution in [0.4, 0.5) is 0 Å². The zero-order valence-electron chi connectivity index (χ0n) is 11.8. The highest BCUT2D eigenvalue weighted by Crippen LogP contribution is 2.17. The lowest BCUT2D eigenvalue weighted by Gasteiger charge is -2.08. The van der Waals surface area contributed by atoms with Crippen LogP contribution in [0.3, 0.4) is 0 Å². The minimum Gasteiger partial charge on any atom is -0.489 e. The van der Waals surface area contributed by atoms with Gasteiger partial charge in [-0.1, -0.05) is 30.3 Å². The Labute approximate surface area is 123 Å². The molecule has 0 aliphatic rings. The molecule has 0 aliphatic heterocycles. The highest BCUT2D eigenvalue weighted by atomic mass is 16.5. The summed E-state index contributed by atoms with van der Waals surface area (Å²) in [7, 11) is 0. The zero-order chi connectivity index (χ0) is 15.1. The summed E-state index contributed by atoms with van der Waals surface area (Å²) in [5.41, 5.74) is 2.98. The van der Waals surface area contributed by atoms with E-state index in [1.807, 2.05) is 49.4 Å². The molecule has 4 heteroatoms. The van der Waals surface area contributed by atoms with E-state index in [1.165, 1.54) is 0 Å². The molecule has 0 heterocycles. The van der Waals surface area contributed by atoms with Gasteiger partial charge in [-0.3, -0.25) is 0 Å². The topological polar surface area (TPSA) is 65.6 Å². The van der Waals surface area contributed by atoms with Gasteiger partial charge in [-0.2, -0.15) is 5.26 Å². The molecule has 4 nitrogen and oxygen atoms in total. The number of benzene rings is 2.